The van der Waals surface area contributed by atoms with E-state index in [9.17, 15) is 15.0 Å². The number of nitrogens with one attached hydrogen (secondary N) is 2. The third kappa shape index (κ3) is 2.93. The SMILES string of the molecule is COc1ccc(-c2c(C)n[nH]c2-c2cc(C(=O)NN)c(O)cc2O)cc1. The van der Waals surface area contributed by atoms with Gasteiger partial charge >= 0.3 is 0 Å². The van der Waals surface area contributed by atoms with E-state index < -0.39 is 5.91 Å². The third-order valence-electron chi connectivity index (χ3n) is 4.08. The van der Waals surface area contributed by atoms with Gasteiger partial charge in [0, 0.05) is 17.2 Å². The Hall–Kier alpha value is -3.52. The number of carbonyl (C=O) groups excluding carboxylic acids is 1. The summed E-state index contributed by atoms with van der Waals surface area (Å²) >= 11 is 0. The minimum Gasteiger partial charge on any atom is -0.507 e. The quantitative estimate of drug-likeness (QED) is 0.277. The third-order valence-corrected chi connectivity index (χ3v) is 4.08. The molecule has 1 aromatic heterocycles. The standard InChI is InChI=1S/C18H18N4O4/c1-9-16(10-3-5-11(26-2)6-4-10)17(22-21-9)12-7-13(18(25)20-19)15(24)8-14(12)23/h3-8,23-24H,19H2,1-2H3,(H,20,25)(H,21,22). The number of nitrogens with two attached hydrogens (primary N) is 1. The van der Waals surface area contributed by atoms with E-state index in [0.717, 1.165) is 17.2 Å². The summed E-state index contributed by atoms with van der Waals surface area (Å²) in [6.07, 6.45) is 0. The summed E-state index contributed by atoms with van der Waals surface area (Å²) in [4.78, 5) is 11.8. The number of ether oxygens (including phenoxy) is 1. The zero-order valence-corrected chi connectivity index (χ0v) is 14.2. The monoisotopic (exact) mass is 354 g/mol. The highest BCUT2D eigenvalue weighted by molar-refractivity contribution is 5.99. The van der Waals surface area contributed by atoms with Crippen molar-refractivity contribution in [2.45, 2.75) is 6.92 Å². The van der Waals surface area contributed by atoms with E-state index >= 15 is 0 Å². The number of hydrogen-bond acceptors (Lipinski definition) is 6. The van der Waals surface area contributed by atoms with Gasteiger partial charge in [0.2, 0.25) is 0 Å². The average molecular weight is 354 g/mol. The molecule has 1 heterocycles. The number of aromatic hydroxyl groups is 2. The molecule has 8 heteroatoms. The molecule has 2 aromatic carbocycles. The highest BCUT2D eigenvalue weighted by Crippen LogP contribution is 2.40. The minimum absolute atomic E-state index is 0.0618. The molecule has 1 amide bonds. The molecular weight excluding hydrogens is 336 g/mol. The van der Waals surface area contributed by atoms with Crippen molar-refractivity contribution in [2.24, 2.45) is 5.84 Å². The van der Waals surface area contributed by atoms with E-state index in [0.29, 0.717) is 22.7 Å². The molecular formula is C18H18N4O4. The maximum Gasteiger partial charge on any atom is 0.268 e. The fraction of sp³-hybridized carbons (Fsp3) is 0.111. The zero-order valence-electron chi connectivity index (χ0n) is 14.2. The van der Waals surface area contributed by atoms with Gasteiger partial charge in [0.1, 0.15) is 17.2 Å². The number of aromatic amines is 1. The molecule has 6 N–H and O–H groups in total. The van der Waals surface area contributed by atoms with Gasteiger partial charge in [0.25, 0.3) is 5.91 Å². The van der Waals surface area contributed by atoms with Crippen LogP contribution in [0, 0.1) is 6.92 Å². The maximum absolute atomic E-state index is 11.8. The number of aromatic nitrogens is 2. The van der Waals surface area contributed by atoms with Gasteiger partial charge in [0.05, 0.1) is 24.1 Å². The van der Waals surface area contributed by atoms with Crippen LogP contribution in [0.3, 0.4) is 0 Å². The zero-order chi connectivity index (χ0) is 18.8. The Morgan fingerprint density at radius 3 is 2.50 bits per heavy atom. The lowest BCUT2D eigenvalue weighted by Crippen LogP contribution is -2.30. The van der Waals surface area contributed by atoms with Crippen LogP contribution in [-0.4, -0.2) is 33.4 Å². The van der Waals surface area contributed by atoms with Gasteiger partial charge < -0.3 is 14.9 Å². The van der Waals surface area contributed by atoms with E-state index in [4.69, 9.17) is 10.6 Å². The second kappa shape index (κ2) is 6.77. The van der Waals surface area contributed by atoms with Gasteiger partial charge in [0.15, 0.2) is 0 Å². The Balaban J connectivity index is 2.18. The number of hydrogen-bond donors (Lipinski definition) is 5. The van der Waals surface area contributed by atoms with Crippen LogP contribution < -0.4 is 16.0 Å². The number of aryl methyl sites for hydroxylation is 1. The number of phenols is 2. The number of benzene rings is 2. The first kappa shape index (κ1) is 17.3. The number of H-pyrrole nitrogens is 1. The largest absolute Gasteiger partial charge is 0.507 e. The van der Waals surface area contributed by atoms with Crippen LogP contribution in [-0.2, 0) is 0 Å². The molecule has 0 atom stereocenters. The number of phenolic OH excluding ortho intramolecular Hbond substituents is 2. The van der Waals surface area contributed by atoms with Gasteiger partial charge in [-0.05, 0) is 30.7 Å². The predicted molar refractivity (Wildman–Crippen MR) is 95.7 cm³/mol. The van der Waals surface area contributed by atoms with Gasteiger partial charge in [-0.15, -0.1) is 0 Å². The molecule has 0 radical (unpaired) electrons. The number of rotatable bonds is 4. The maximum atomic E-state index is 11.8. The van der Waals surface area contributed by atoms with E-state index in [2.05, 4.69) is 10.2 Å². The Labute approximate surface area is 149 Å². The van der Waals surface area contributed by atoms with Crippen LogP contribution in [0.25, 0.3) is 22.4 Å². The molecule has 3 aromatic rings. The molecule has 0 fully saturated rings. The molecule has 8 nitrogen and oxygen atoms in total. The summed E-state index contributed by atoms with van der Waals surface area (Å²) in [5, 5.41) is 27.3. The number of carbonyl (C=O) groups is 1. The number of nitrogen functional groups attached to an aromatic ring is 1. The predicted octanol–water partition coefficient (Wildman–Crippen LogP) is 2.08. The van der Waals surface area contributed by atoms with Crippen molar-refractivity contribution in [1.82, 2.24) is 15.6 Å². The molecule has 0 unspecified atom stereocenters. The van der Waals surface area contributed by atoms with Gasteiger partial charge in [-0.1, -0.05) is 12.1 Å². The number of amides is 1. The fourth-order valence-corrected chi connectivity index (χ4v) is 2.78. The number of nitrogens with zero attached hydrogens (tertiary/aromatic N) is 1. The first-order chi connectivity index (χ1) is 12.5. The molecule has 0 saturated carbocycles. The molecule has 0 aliphatic carbocycles. The molecule has 3 rings (SSSR count). The summed E-state index contributed by atoms with van der Waals surface area (Å²) in [7, 11) is 1.59. The van der Waals surface area contributed by atoms with Gasteiger partial charge in [-0.2, -0.15) is 5.10 Å². The summed E-state index contributed by atoms with van der Waals surface area (Å²) < 4.78 is 5.17. The van der Waals surface area contributed by atoms with Crippen molar-refractivity contribution >= 4 is 5.91 Å². The second-order valence-corrected chi connectivity index (χ2v) is 5.65. The van der Waals surface area contributed by atoms with E-state index in [1.165, 1.54) is 6.07 Å². The van der Waals surface area contributed by atoms with Crippen LogP contribution >= 0.6 is 0 Å². The lowest BCUT2D eigenvalue weighted by atomic mass is 9.97. The Kier molecular flexibility index (Phi) is 4.51. The van der Waals surface area contributed by atoms with Crippen molar-refractivity contribution in [3.63, 3.8) is 0 Å². The molecule has 134 valence electrons. The van der Waals surface area contributed by atoms with Crippen molar-refractivity contribution in [2.75, 3.05) is 7.11 Å². The molecule has 0 aliphatic heterocycles. The van der Waals surface area contributed by atoms with Crippen LogP contribution in [0.2, 0.25) is 0 Å². The van der Waals surface area contributed by atoms with E-state index in [1.807, 2.05) is 36.6 Å². The smallest absolute Gasteiger partial charge is 0.268 e. The first-order valence-electron chi connectivity index (χ1n) is 7.73. The summed E-state index contributed by atoms with van der Waals surface area (Å²) in [6.45, 7) is 1.82. The molecule has 0 bridgehead atoms. The van der Waals surface area contributed by atoms with Gasteiger partial charge in [-0.25, -0.2) is 5.84 Å². The van der Waals surface area contributed by atoms with Crippen molar-refractivity contribution in [3.05, 3.63) is 47.7 Å². The summed E-state index contributed by atoms with van der Waals surface area (Å²) in [6, 6.07) is 9.81. The molecule has 26 heavy (non-hydrogen) atoms. The topological polar surface area (TPSA) is 133 Å². The fourth-order valence-electron chi connectivity index (χ4n) is 2.78. The normalized spacial score (nSPS) is 10.6. The lowest BCUT2D eigenvalue weighted by Gasteiger charge is -2.11. The Bertz CT molecular complexity index is 964. The Morgan fingerprint density at radius 2 is 1.88 bits per heavy atom. The summed E-state index contributed by atoms with van der Waals surface area (Å²) in [5.74, 6) is 4.61. The minimum atomic E-state index is -0.675. The number of methoxy groups -OCH3 is 1. The molecule has 0 aliphatic rings. The van der Waals surface area contributed by atoms with Crippen LogP contribution in [0.15, 0.2) is 36.4 Å². The summed E-state index contributed by atoms with van der Waals surface area (Å²) in [5.41, 5.74) is 5.04. The van der Waals surface area contributed by atoms with Crippen molar-refractivity contribution < 1.29 is 19.7 Å². The van der Waals surface area contributed by atoms with E-state index in [1.54, 1.807) is 7.11 Å². The van der Waals surface area contributed by atoms with Gasteiger partial charge in [-0.3, -0.25) is 15.3 Å². The number of hydrazine groups is 1. The highest BCUT2D eigenvalue weighted by atomic mass is 16.5. The molecule has 0 saturated heterocycles. The van der Waals surface area contributed by atoms with Crippen molar-refractivity contribution in [1.29, 1.82) is 0 Å². The van der Waals surface area contributed by atoms with Crippen LogP contribution in [0.5, 0.6) is 17.2 Å². The Morgan fingerprint density at radius 1 is 1.19 bits per heavy atom. The average Bonchev–Trinajstić information content (AvgIpc) is 3.02. The lowest BCUT2D eigenvalue weighted by molar-refractivity contribution is 0.0951. The molecule has 0 spiro atoms. The highest BCUT2D eigenvalue weighted by Gasteiger charge is 2.21. The van der Waals surface area contributed by atoms with Crippen LogP contribution in [0.4, 0.5) is 0 Å². The van der Waals surface area contributed by atoms with Crippen molar-refractivity contribution in [3.8, 4) is 39.6 Å². The van der Waals surface area contributed by atoms with E-state index in [-0.39, 0.29) is 17.1 Å². The second-order valence-electron chi connectivity index (χ2n) is 5.65. The van der Waals surface area contributed by atoms with Crippen LogP contribution in [0.1, 0.15) is 16.1 Å². The first-order valence-corrected chi connectivity index (χ1v) is 7.73.